The third kappa shape index (κ3) is 4.38. The molecule has 1 N–H and O–H groups in total. The van der Waals surface area contributed by atoms with Crippen LogP contribution in [0.1, 0.15) is 24.1 Å². The summed E-state index contributed by atoms with van der Waals surface area (Å²) in [4.78, 5) is 39.2. The highest BCUT2D eigenvalue weighted by atomic mass is 16.2. The van der Waals surface area contributed by atoms with Crippen LogP contribution < -0.4 is 10.9 Å². The molecule has 1 fully saturated rings. The maximum absolute atomic E-state index is 13.7. The lowest BCUT2D eigenvalue weighted by atomic mass is 10.0. The number of amides is 1. The Hall–Kier alpha value is -4.65. The lowest BCUT2D eigenvalue weighted by molar-refractivity contribution is -0.117. The number of fused-ring (bicyclic) bond motifs is 1. The smallest absolute Gasteiger partial charge is 0.278 e. The zero-order valence-electron chi connectivity index (χ0n) is 19.5. The molecule has 6 rings (SSSR count). The van der Waals surface area contributed by atoms with E-state index in [0.717, 1.165) is 35.2 Å². The average molecular weight is 474 g/mol. The predicted molar refractivity (Wildman–Crippen MR) is 139 cm³/mol. The molecule has 7 nitrogen and oxygen atoms in total. The van der Waals surface area contributed by atoms with Gasteiger partial charge in [0, 0.05) is 36.6 Å². The fraction of sp³-hybridized carbons (Fsp3) is 0.138. The number of rotatable bonds is 6. The highest BCUT2D eigenvalue weighted by Gasteiger charge is 2.29. The molecule has 0 atom stereocenters. The molecule has 0 radical (unpaired) electrons. The van der Waals surface area contributed by atoms with Crippen LogP contribution in [-0.4, -0.2) is 25.4 Å². The fourth-order valence-electron chi connectivity index (χ4n) is 4.31. The number of carbonyl (C=O) groups excluding carboxylic acids is 1. The summed E-state index contributed by atoms with van der Waals surface area (Å²) in [6.45, 7) is 0. The maximum atomic E-state index is 13.7. The maximum Gasteiger partial charge on any atom is 0.278 e. The van der Waals surface area contributed by atoms with Crippen molar-refractivity contribution in [2.45, 2.75) is 19.3 Å². The molecular formula is C29H23N5O2. The minimum absolute atomic E-state index is 0.0722. The van der Waals surface area contributed by atoms with Crippen molar-refractivity contribution < 1.29 is 4.79 Å². The molecule has 0 unspecified atom stereocenters. The van der Waals surface area contributed by atoms with E-state index in [1.54, 1.807) is 23.2 Å². The van der Waals surface area contributed by atoms with Crippen molar-refractivity contribution in [3.05, 3.63) is 113 Å². The van der Waals surface area contributed by atoms with Crippen LogP contribution in [0.3, 0.4) is 0 Å². The van der Waals surface area contributed by atoms with Crippen molar-refractivity contribution in [1.29, 1.82) is 0 Å². The Balaban J connectivity index is 1.42. The lowest BCUT2D eigenvalue weighted by Gasteiger charge is -2.13. The lowest BCUT2D eigenvalue weighted by Crippen LogP contribution is -2.25. The number of hydrogen-bond donors (Lipinski definition) is 1. The standard InChI is InChI=1S/C29H23N5O2/c35-28(20-11-12-20)32-23-8-1-6-21(16-23)22-7-2-9-24(17-22)34-27-25(10-4-14-31-27)33-26(29(34)36)15-19-5-3-13-30-18-19/h1-10,13-14,16-18,20H,11-12,15H2,(H,32,35). The van der Waals surface area contributed by atoms with Crippen LogP contribution in [0.5, 0.6) is 0 Å². The average Bonchev–Trinajstić information content (AvgIpc) is 3.76. The van der Waals surface area contributed by atoms with E-state index in [1.165, 1.54) is 0 Å². The van der Waals surface area contributed by atoms with E-state index in [4.69, 9.17) is 0 Å². The molecule has 1 aliphatic rings. The molecule has 5 aromatic rings. The van der Waals surface area contributed by atoms with Crippen molar-refractivity contribution in [1.82, 2.24) is 19.5 Å². The molecule has 7 heteroatoms. The summed E-state index contributed by atoms with van der Waals surface area (Å²) in [5.74, 6) is 0.208. The van der Waals surface area contributed by atoms with Crippen molar-refractivity contribution >= 4 is 22.8 Å². The van der Waals surface area contributed by atoms with Gasteiger partial charge in [-0.3, -0.25) is 19.1 Å². The summed E-state index contributed by atoms with van der Waals surface area (Å²) in [5, 5.41) is 3.01. The monoisotopic (exact) mass is 473 g/mol. The van der Waals surface area contributed by atoms with Crippen molar-refractivity contribution in [2.24, 2.45) is 5.92 Å². The largest absolute Gasteiger partial charge is 0.326 e. The molecule has 2 aromatic carbocycles. The highest BCUT2D eigenvalue weighted by Crippen LogP contribution is 2.31. The van der Waals surface area contributed by atoms with Gasteiger partial charge in [0.05, 0.1) is 5.69 Å². The number of carbonyl (C=O) groups is 1. The number of anilines is 1. The molecule has 0 spiro atoms. The minimum atomic E-state index is -0.215. The summed E-state index contributed by atoms with van der Waals surface area (Å²) >= 11 is 0. The van der Waals surface area contributed by atoms with Gasteiger partial charge >= 0.3 is 0 Å². The van der Waals surface area contributed by atoms with Gasteiger partial charge in [0.1, 0.15) is 11.2 Å². The first-order valence-electron chi connectivity index (χ1n) is 11.9. The second kappa shape index (κ2) is 9.19. The summed E-state index contributed by atoms with van der Waals surface area (Å²) in [5.41, 5.74) is 5.61. The first-order valence-corrected chi connectivity index (χ1v) is 11.9. The topological polar surface area (TPSA) is 89.8 Å². The van der Waals surface area contributed by atoms with Gasteiger partial charge in [-0.2, -0.15) is 0 Å². The highest BCUT2D eigenvalue weighted by molar-refractivity contribution is 5.94. The Morgan fingerprint density at radius 2 is 1.75 bits per heavy atom. The third-order valence-corrected chi connectivity index (χ3v) is 6.29. The van der Waals surface area contributed by atoms with Gasteiger partial charge in [0.25, 0.3) is 5.56 Å². The Morgan fingerprint density at radius 1 is 0.944 bits per heavy atom. The second-order valence-electron chi connectivity index (χ2n) is 8.98. The third-order valence-electron chi connectivity index (χ3n) is 6.29. The summed E-state index contributed by atoms with van der Waals surface area (Å²) < 4.78 is 1.62. The van der Waals surface area contributed by atoms with Gasteiger partial charge in [-0.15, -0.1) is 0 Å². The molecule has 3 aromatic heterocycles. The number of aromatic nitrogens is 4. The summed E-state index contributed by atoms with van der Waals surface area (Å²) in [7, 11) is 0. The van der Waals surface area contributed by atoms with Crippen LogP contribution in [0.25, 0.3) is 28.0 Å². The first-order chi connectivity index (χ1) is 17.7. The van der Waals surface area contributed by atoms with E-state index in [9.17, 15) is 9.59 Å². The van der Waals surface area contributed by atoms with Crippen LogP contribution in [-0.2, 0) is 11.2 Å². The molecular weight excluding hydrogens is 450 g/mol. The Morgan fingerprint density at radius 3 is 2.56 bits per heavy atom. The van der Waals surface area contributed by atoms with E-state index < -0.39 is 0 Å². The molecule has 1 saturated carbocycles. The van der Waals surface area contributed by atoms with Crippen LogP contribution in [0.2, 0.25) is 0 Å². The van der Waals surface area contributed by atoms with Gasteiger partial charge in [-0.1, -0.05) is 30.3 Å². The number of pyridine rings is 2. The normalized spacial score (nSPS) is 13.0. The molecule has 176 valence electrons. The fourth-order valence-corrected chi connectivity index (χ4v) is 4.31. The number of nitrogens with one attached hydrogen (secondary N) is 1. The Bertz CT molecular complexity index is 1640. The molecule has 3 heterocycles. The molecule has 0 aliphatic heterocycles. The minimum Gasteiger partial charge on any atom is -0.326 e. The SMILES string of the molecule is O=C(Nc1cccc(-c2cccc(-n3c(=O)c(Cc4cccnc4)nc4cccnc43)c2)c1)C1CC1. The van der Waals surface area contributed by atoms with Crippen LogP contribution >= 0.6 is 0 Å². The van der Waals surface area contributed by atoms with Crippen LogP contribution in [0.4, 0.5) is 5.69 Å². The van der Waals surface area contributed by atoms with Gasteiger partial charge in [0.2, 0.25) is 5.91 Å². The zero-order valence-corrected chi connectivity index (χ0v) is 19.5. The van der Waals surface area contributed by atoms with E-state index >= 15 is 0 Å². The summed E-state index contributed by atoms with van der Waals surface area (Å²) in [6.07, 6.45) is 7.40. The zero-order chi connectivity index (χ0) is 24.5. The van der Waals surface area contributed by atoms with Crippen molar-refractivity contribution in [3.8, 4) is 16.8 Å². The number of nitrogens with zero attached hydrogens (tertiary/aromatic N) is 4. The summed E-state index contributed by atoms with van der Waals surface area (Å²) in [6, 6.07) is 23.0. The Labute approximate surface area is 207 Å². The van der Waals surface area contributed by atoms with Gasteiger partial charge in [-0.25, -0.2) is 9.97 Å². The van der Waals surface area contributed by atoms with Gasteiger partial charge in [-0.05, 0) is 72.0 Å². The van der Waals surface area contributed by atoms with Gasteiger partial charge < -0.3 is 5.32 Å². The molecule has 36 heavy (non-hydrogen) atoms. The number of hydrogen-bond acceptors (Lipinski definition) is 5. The predicted octanol–water partition coefficient (Wildman–Crippen LogP) is 4.78. The molecule has 1 amide bonds. The molecule has 0 bridgehead atoms. The Kier molecular flexibility index (Phi) is 5.58. The van der Waals surface area contributed by atoms with Crippen LogP contribution in [0, 0.1) is 5.92 Å². The van der Waals surface area contributed by atoms with E-state index in [2.05, 4.69) is 20.3 Å². The van der Waals surface area contributed by atoms with E-state index in [1.807, 2.05) is 72.8 Å². The van der Waals surface area contributed by atoms with Crippen molar-refractivity contribution in [2.75, 3.05) is 5.32 Å². The van der Waals surface area contributed by atoms with Gasteiger partial charge in [0.15, 0.2) is 5.65 Å². The number of benzene rings is 2. The van der Waals surface area contributed by atoms with Crippen molar-refractivity contribution in [3.63, 3.8) is 0 Å². The van der Waals surface area contributed by atoms with E-state index in [-0.39, 0.29) is 17.4 Å². The first kappa shape index (κ1) is 21.9. The second-order valence-corrected chi connectivity index (χ2v) is 8.98. The van der Waals surface area contributed by atoms with Crippen LogP contribution in [0.15, 0.2) is 96.2 Å². The molecule has 0 saturated heterocycles. The van der Waals surface area contributed by atoms with E-state index in [0.29, 0.717) is 29.0 Å². The molecule has 1 aliphatic carbocycles. The quantitative estimate of drug-likeness (QED) is 0.383.